The van der Waals surface area contributed by atoms with Gasteiger partial charge in [-0.1, -0.05) is 12.1 Å². The third kappa shape index (κ3) is 2.91. The number of hydrogen-bond donors (Lipinski definition) is 0. The monoisotopic (exact) mass is 189 g/mol. The molecule has 3 heteroatoms. The number of benzene rings is 1. The molecule has 0 aliphatic rings. The lowest BCUT2D eigenvalue weighted by molar-refractivity contribution is -0.117. The molecule has 0 bridgehead atoms. The summed E-state index contributed by atoms with van der Waals surface area (Å²) in [5.41, 5.74) is 0.496. The van der Waals surface area contributed by atoms with Crippen LogP contribution in [0.1, 0.15) is 18.9 Å². The van der Waals surface area contributed by atoms with Crippen LogP contribution in [0.25, 0.3) is 0 Å². The van der Waals surface area contributed by atoms with Gasteiger partial charge in [-0.15, -0.1) is 0 Å². The van der Waals surface area contributed by atoms with Crippen LogP contribution in [-0.2, 0) is 4.79 Å². The second kappa shape index (κ2) is 5.03. The van der Waals surface area contributed by atoms with E-state index in [1.807, 2.05) is 6.07 Å². The molecule has 0 heterocycles. The van der Waals surface area contributed by atoms with Gasteiger partial charge in [0, 0.05) is 6.42 Å². The molecule has 72 valence electrons. The van der Waals surface area contributed by atoms with Crippen molar-refractivity contribution in [3.8, 4) is 11.8 Å². The smallest absolute Gasteiger partial charge is 0.137 e. The number of Topliss-reactive ketones (excluding diaryl/α,β-unsaturated/α-hetero) is 1. The van der Waals surface area contributed by atoms with E-state index in [0.717, 1.165) is 0 Å². The maximum Gasteiger partial charge on any atom is 0.137 e. The zero-order valence-corrected chi connectivity index (χ0v) is 7.99. The van der Waals surface area contributed by atoms with Crippen molar-refractivity contribution in [2.75, 3.05) is 6.61 Å². The molecule has 3 nitrogen and oxygen atoms in total. The van der Waals surface area contributed by atoms with E-state index in [2.05, 4.69) is 0 Å². The molecule has 0 aliphatic carbocycles. The molecule has 14 heavy (non-hydrogen) atoms. The molecular formula is C11H11NO2. The lowest BCUT2D eigenvalue weighted by Gasteiger charge is -2.05. The number of carbonyl (C=O) groups is 1. The lowest BCUT2D eigenvalue weighted by atomic mass is 10.2. The Hall–Kier alpha value is -1.82. The second-order valence-electron chi connectivity index (χ2n) is 2.91. The van der Waals surface area contributed by atoms with E-state index in [1.165, 1.54) is 6.92 Å². The van der Waals surface area contributed by atoms with Gasteiger partial charge in [-0.05, 0) is 19.1 Å². The molecule has 0 amide bonds. The molecular weight excluding hydrogens is 178 g/mol. The van der Waals surface area contributed by atoms with Crippen molar-refractivity contribution in [2.24, 2.45) is 0 Å². The number of para-hydroxylation sites is 1. The molecule has 0 atom stereocenters. The second-order valence-corrected chi connectivity index (χ2v) is 2.91. The molecule has 1 aromatic rings. The highest BCUT2D eigenvalue weighted by Gasteiger charge is 2.01. The maximum absolute atomic E-state index is 10.6. The van der Waals surface area contributed by atoms with Crippen LogP contribution in [0.5, 0.6) is 5.75 Å². The minimum atomic E-state index is 0.0828. The molecule has 0 N–H and O–H groups in total. The van der Waals surface area contributed by atoms with Crippen molar-refractivity contribution < 1.29 is 9.53 Å². The van der Waals surface area contributed by atoms with Gasteiger partial charge in [0.1, 0.15) is 17.6 Å². The molecule has 0 saturated carbocycles. The zero-order chi connectivity index (χ0) is 10.4. The van der Waals surface area contributed by atoms with E-state index in [4.69, 9.17) is 10.00 Å². The van der Waals surface area contributed by atoms with Gasteiger partial charge in [0.15, 0.2) is 0 Å². The number of rotatable bonds is 4. The van der Waals surface area contributed by atoms with Gasteiger partial charge in [0.05, 0.1) is 12.2 Å². The third-order valence-corrected chi connectivity index (χ3v) is 1.72. The van der Waals surface area contributed by atoms with Gasteiger partial charge in [-0.2, -0.15) is 5.26 Å². The van der Waals surface area contributed by atoms with Crippen LogP contribution >= 0.6 is 0 Å². The molecule has 0 fully saturated rings. The van der Waals surface area contributed by atoms with Crippen molar-refractivity contribution >= 4 is 5.78 Å². The van der Waals surface area contributed by atoms with E-state index >= 15 is 0 Å². The van der Waals surface area contributed by atoms with Crippen LogP contribution in [0.2, 0.25) is 0 Å². The summed E-state index contributed by atoms with van der Waals surface area (Å²) in [5, 5.41) is 8.73. The highest BCUT2D eigenvalue weighted by Crippen LogP contribution is 2.16. The molecule has 0 spiro atoms. The average molecular weight is 189 g/mol. The van der Waals surface area contributed by atoms with Gasteiger partial charge in [0.2, 0.25) is 0 Å². The van der Waals surface area contributed by atoms with Gasteiger partial charge >= 0.3 is 0 Å². The lowest BCUT2D eigenvalue weighted by Crippen LogP contribution is -2.03. The van der Waals surface area contributed by atoms with Crippen LogP contribution in [-0.4, -0.2) is 12.4 Å². The Morgan fingerprint density at radius 3 is 2.86 bits per heavy atom. The molecule has 0 aliphatic heterocycles. The largest absolute Gasteiger partial charge is 0.492 e. The zero-order valence-electron chi connectivity index (χ0n) is 7.99. The van der Waals surface area contributed by atoms with Crippen LogP contribution in [0.15, 0.2) is 24.3 Å². The Balaban J connectivity index is 2.59. The maximum atomic E-state index is 10.6. The first-order valence-electron chi connectivity index (χ1n) is 4.35. The minimum absolute atomic E-state index is 0.0828. The Bertz CT molecular complexity index is 366. The summed E-state index contributed by atoms with van der Waals surface area (Å²) in [6.45, 7) is 1.84. The summed E-state index contributed by atoms with van der Waals surface area (Å²) >= 11 is 0. The Labute approximate surface area is 82.9 Å². The van der Waals surface area contributed by atoms with Crippen LogP contribution in [0.3, 0.4) is 0 Å². The van der Waals surface area contributed by atoms with Crippen molar-refractivity contribution in [1.29, 1.82) is 5.26 Å². The van der Waals surface area contributed by atoms with Crippen molar-refractivity contribution in [1.82, 2.24) is 0 Å². The Kier molecular flexibility index (Phi) is 3.69. The van der Waals surface area contributed by atoms with E-state index in [0.29, 0.717) is 24.3 Å². The Morgan fingerprint density at radius 1 is 1.50 bits per heavy atom. The first kappa shape index (κ1) is 10.3. The molecule has 1 rings (SSSR count). The van der Waals surface area contributed by atoms with E-state index in [1.54, 1.807) is 24.3 Å². The highest BCUT2D eigenvalue weighted by molar-refractivity contribution is 5.75. The van der Waals surface area contributed by atoms with Crippen LogP contribution < -0.4 is 4.74 Å². The third-order valence-electron chi connectivity index (χ3n) is 1.72. The molecule has 0 radical (unpaired) electrons. The van der Waals surface area contributed by atoms with E-state index in [9.17, 15) is 4.79 Å². The topological polar surface area (TPSA) is 50.1 Å². The van der Waals surface area contributed by atoms with Gasteiger partial charge in [-0.3, -0.25) is 4.79 Å². The molecule has 1 aromatic carbocycles. The summed E-state index contributed by atoms with van der Waals surface area (Å²) < 4.78 is 5.30. The highest BCUT2D eigenvalue weighted by atomic mass is 16.5. The fourth-order valence-electron chi connectivity index (χ4n) is 0.990. The minimum Gasteiger partial charge on any atom is -0.492 e. The van der Waals surface area contributed by atoms with Crippen molar-refractivity contribution in [3.63, 3.8) is 0 Å². The van der Waals surface area contributed by atoms with E-state index < -0.39 is 0 Å². The standard InChI is InChI=1S/C11H11NO2/c1-9(13)6-7-14-11-5-3-2-4-10(11)8-12/h2-5H,6-7H2,1H3. The summed E-state index contributed by atoms with van der Waals surface area (Å²) in [4.78, 5) is 10.6. The average Bonchev–Trinajstić information content (AvgIpc) is 2.18. The Morgan fingerprint density at radius 2 is 2.21 bits per heavy atom. The quantitative estimate of drug-likeness (QED) is 0.727. The van der Waals surface area contributed by atoms with Crippen LogP contribution in [0, 0.1) is 11.3 Å². The number of nitrogens with zero attached hydrogens (tertiary/aromatic N) is 1. The van der Waals surface area contributed by atoms with Crippen LogP contribution in [0.4, 0.5) is 0 Å². The predicted octanol–water partition coefficient (Wildman–Crippen LogP) is 1.92. The summed E-state index contributed by atoms with van der Waals surface area (Å²) in [6, 6.07) is 9.00. The normalized spacial score (nSPS) is 9.14. The number of nitriles is 1. The number of hydrogen-bond acceptors (Lipinski definition) is 3. The van der Waals surface area contributed by atoms with Crippen molar-refractivity contribution in [3.05, 3.63) is 29.8 Å². The number of ketones is 1. The fraction of sp³-hybridized carbons (Fsp3) is 0.273. The van der Waals surface area contributed by atoms with E-state index in [-0.39, 0.29) is 5.78 Å². The van der Waals surface area contributed by atoms with Crippen molar-refractivity contribution in [2.45, 2.75) is 13.3 Å². The number of carbonyl (C=O) groups excluding carboxylic acids is 1. The first-order chi connectivity index (χ1) is 6.74. The molecule has 0 saturated heterocycles. The summed E-state index contributed by atoms with van der Waals surface area (Å²) in [6.07, 6.45) is 0.375. The molecule has 0 aromatic heterocycles. The summed E-state index contributed by atoms with van der Waals surface area (Å²) in [5.74, 6) is 0.621. The predicted molar refractivity (Wildman–Crippen MR) is 52.0 cm³/mol. The SMILES string of the molecule is CC(=O)CCOc1ccccc1C#N. The van der Waals surface area contributed by atoms with Gasteiger partial charge < -0.3 is 4.74 Å². The van der Waals surface area contributed by atoms with Gasteiger partial charge in [-0.25, -0.2) is 0 Å². The molecule has 0 unspecified atom stereocenters. The first-order valence-corrected chi connectivity index (χ1v) is 4.35. The number of ether oxygens (including phenoxy) is 1. The summed E-state index contributed by atoms with van der Waals surface area (Å²) in [7, 11) is 0. The fourth-order valence-corrected chi connectivity index (χ4v) is 0.990. The van der Waals surface area contributed by atoms with Gasteiger partial charge in [0.25, 0.3) is 0 Å².